The van der Waals surface area contributed by atoms with Crippen LogP contribution in [0.4, 0.5) is 5.95 Å². The molecule has 0 amide bonds. The number of thiophene rings is 1. The predicted molar refractivity (Wildman–Crippen MR) is 98.9 cm³/mol. The molecular formula is C18H18N6S. The molecule has 0 saturated heterocycles. The Balaban J connectivity index is 1.61. The molecular weight excluding hydrogens is 332 g/mol. The molecule has 1 aliphatic carbocycles. The summed E-state index contributed by atoms with van der Waals surface area (Å²) in [4.78, 5) is 16.1. The van der Waals surface area contributed by atoms with Crippen molar-refractivity contribution >= 4 is 33.1 Å². The van der Waals surface area contributed by atoms with E-state index in [1.165, 1.54) is 22.2 Å². The molecule has 126 valence electrons. The van der Waals surface area contributed by atoms with Gasteiger partial charge in [0.1, 0.15) is 11.2 Å². The summed E-state index contributed by atoms with van der Waals surface area (Å²) in [5.41, 5.74) is 3.45. The predicted octanol–water partition coefficient (Wildman–Crippen LogP) is 3.47. The van der Waals surface area contributed by atoms with Crippen molar-refractivity contribution in [3.05, 3.63) is 46.9 Å². The number of nitrogens with one attached hydrogen (secondary N) is 1. The van der Waals surface area contributed by atoms with Gasteiger partial charge in [-0.25, -0.2) is 9.97 Å². The van der Waals surface area contributed by atoms with Crippen LogP contribution in [0, 0.1) is 5.92 Å². The Bertz CT molecular complexity index is 1050. The van der Waals surface area contributed by atoms with Crippen LogP contribution in [0.15, 0.2) is 30.9 Å². The zero-order valence-electron chi connectivity index (χ0n) is 13.9. The van der Waals surface area contributed by atoms with Crippen molar-refractivity contribution in [2.75, 3.05) is 5.32 Å². The van der Waals surface area contributed by atoms with E-state index >= 15 is 0 Å². The van der Waals surface area contributed by atoms with Gasteiger partial charge in [-0.05, 0) is 42.4 Å². The smallest absolute Gasteiger partial charge is 0.227 e. The van der Waals surface area contributed by atoms with Crippen LogP contribution < -0.4 is 5.32 Å². The third kappa shape index (κ3) is 2.46. The van der Waals surface area contributed by atoms with Crippen molar-refractivity contribution in [1.29, 1.82) is 0 Å². The Morgan fingerprint density at radius 3 is 3.24 bits per heavy atom. The third-order valence-electron chi connectivity index (χ3n) is 4.84. The number of anilines is 1. The van der Waals surface area contributed by atoms with Gasteiger partial charge in [-0.15, -0.1) is 11.3 Å². The topological polar surface area (TPSA) is 68.0 Å². The number of hydrogen-bond donors (Lipinski definition) is 1. The van der Waals surface area contributed by atoms with E-state index in [1.54, 1.807) is 12.5 Å². The monoisotopic (exact) mass is 350 g/mol. The summed E-state index contributed by atoms with van der Waals surface area (Å²) in [7, 11) is 0. The molecule has 0 bridgehead atoms. The minimum absolute atomic E-state index is 0.656. The van der Waals surface area contributed by atoms with Gasteiger partial charge >= 0.3 is 0 Å². The zero-order chi connectivity index (χ0) is 16.8. The second-order valence-electron chi connectivity index (χ2n) is 6.68. The Hall–Kier alpha value is -2.54. The summed E-state index contributed by atoms with van der Waals surface area (Å²) in [5, 5.41) is 8.98. The maximum absolute atomic E-state index is 4.87. The standard InChI is InChI=1S/C18H18N6S/c1-11-4-5-14-13(7-11)15-16-21-10-22-24(16)18(23-17(15)25-14)20-9-12-3-2-6-19-8-12/h2-3,6,8,10-11H,4-5,7,9H2,1H3,(H,20,23). The van der Waals surface area contributed by atoms with Gasteiger partial charge in [0.25, 0.3) is 0 Å². The van der Waals surface area contributed by atoms with Crippen LogP contribution in [0.1, 0.15) is 29.3 Å². The fraction of sp³-hybridized carbons (Fsp3) is 0.333. The van der Waals surface area contributed by atoms with Crippen LogP contribution in [-0.2, 0) is 19.4 Å². The summed E-state index contributed by atoms with van der Waals surface area (Å²) >= 11 is 1.81. The van der Waals surface area contributed by atoms with E-state index in [9.17, 15) is 0 Å². The van der Waals surface area contributed by atoms with Crippen LogP contribution >= 0.6 is 11.3 Å². The van der Waals surface area contributed by atoms with E-state index < -0.39 is 0 Å². The summed E-state index contributed by atoms with van der Waals surface area (Å²) in [6, 6.07) is 3.98. The fourth-order valence-corrected chi connectivity index (χ4v) is 4.77. The highest BCUT2D eigenvalue weighted by atomic mass is 32.1. The lowest BCUT2D eigenvalue weighted by Gasteiger charge is -2.17. The van der Waals surface area contributed by atoms with E-state index in [-0.39, 0.29) is 0 Å². The molecule has 1 unspecified atom stereocenters. The van der Waals surface area contributed by atoms with E-state index in [2.05, 4.69) is 27.3 Å². The van der Waals surface area contributed by atoms with Crippen molar-refractivity contribution in [3.8, 4) is 0 Å². The van der Waals surface area contributed by atoms with Gasteiger partial charge in [0.05, 0.1) is 5.39 Å². The van der Waals surface area contributed by atoms with Crippen LogP contribution in [0.25, 0.3) is 15.9 Å². The van der Waals surface area contributed by atoms with Gasteiger partial charge in [-0.1, -0.05) is 13.0 Å². The van der Waals surface area contributed by atoms with E-state index in [0.29, 0.717) is 6.54 Å². The molecule has 0 radical (unpaired) electrons. The van der Waals surface area contributed by atoms with Gasteiger partial charge in [0, 0.05) is 23.8 Å². The second-order valence-corrected chi connectivity index (χ2v) is 7.76. The molecule has 1 atom stereocenters. The van der Waals surface area contributed by atoms with Gasteiger partial charge in [-0.2, -0.15) is 9.61 Å². The molecule has 0 saturated carbocycles. The van der Waals surface area contributed by atoms with Crippen LogP contribution in [0.3, 0.4) is 0 Å². The van der Waals surface area contributed by atoms with Crippen LogP contribution in [0.2, 0.25) is 0 Å². The normalized spacial score (nSPS) is 17.1. The molecule has 0 aromatic carbocycles. The Morgan fingerprint density at radius 1 is 1.40 bits per heavy atom. The number of fused-ring (bicyclic) bond motifs is 5. The molecule has 25 heavy (non-hydrogen) atoms. The van der Waals surface area contributed by atoms with Crippen molar-refractivity contribution in [1.82, 2.24) is 24.6 Å². The van der Waals surface area contributed by atoms with Gasteiger partial charge in [-0.3, -0.25) is 4.98 Å². The molecule has 1 aliphatic rings. The Labute approximate surface area is 149 Å². The molecule has 4 aromatic heterocycles. The molecule has 5 rings (SSSR count). The zero-order valence-corrected chi connectivity index (χ0v) is 14.8. The molecule has 0 fully saturated rings. The lowest BCUT2D eigenvalue weighted by Crippen LogP contribution is -2.10. The van der Waals surface area contributed by atoms with Crippen LogP contribution in [-0.4, -0.2) is 24.6 Å². The second kappa shape index (κ2) is 5.77. The molecule has 7 heteroatoms. The Kier molecular flexibility index (Phi) is 3.41. The summed E-state index contributed by atoms with van der Waals surface area (Å²) < 4.78 is 1.82. The highest BCUT2D eigenvalue weighted by molar-refractivity contribution is 7.19. The van der Waals surface area contributed by atoms with Crippen LogP contribution in [0.5, 0.6) is 0 Å². The summed E-state index contributed by atoms with van der Waals surface area (Å²) in [5.74, 6) is 1.45. The third-order valence-corrected chi connectivity index (χ3v) is 6.03. The number of aryl methyl sites for hydroxylation is 1. The first-order chi connectivity index (χ1) is 12.3. The maximum atomic E-state index is 4.87. The number of hydrogen-bond acceptors (Lipinski definition) is 6. The largest absolute Gasteiger partial charge is 0.350 e. The average Bonchev–Trinajstić information content (AvgIpc) is 3.24. The highest BCUT2D eigenvalue weighted by Crippen LogP contribution is 2.39. The van der Waals surface area contributed by atoms with Gasteiger partial charge in [0.2, 0.25) is 5.95 Å². The van der Waals surface area contributed by atoms with Gasteiger partial charge in [0.15, 0.2) is 5.65 Å². The lowest BCUT2D eigenvalue weighted by molar-refractivity contribution is 0.508. The van der Waals surface area contributed by atoms with E-state index in [4.69, 9.17) is 4.98 Å². The number of aromatic nitrogens is 5. The molecule has 6 nitrogen and oxygen atoms in total. The van der Waals surface area contributed by atoms with Crippen molar-refractivity contribution < 1.29 is 0 Å². The minimum Gasteiger partial charge on any atom is -0.350 e. The van der Waals surface area contributed by atoms with Crippen molar-refractivity contribution in [3.63, 3.8) is 0 Å². The number of nitrogens with zero attached hydrogens (tertiary/aromatic N) is 5. The molecule has 0 spiro atoms. The Morgan fingerprint density at radius 2 is 2.36 bits per heavy atom. The molecule has 0 aliphatic heterocycles. The van der Waals surface area contributed by atoms with Crippen molar-refractivity contribution in [2.45, 2.75) is 32.7 Å². The minimum atomic E-state index is 0.656. The van der Waals surface area contributed by atoms with E-state index in [1.807, 2.05) is 34.2 Å². The quantitative estimate of drug-likeness (QED) is 0.613. The van der Waals surface area contributed by atoms with Gasteiger partial charge < -0.3 is 5.32 Å². The number of pyridine rings is 1. The van der Waals surface area contributed by atoms with E-state index in [0.717, 1.165) is 40.7 Å². The first kappa shape index (κ1) is 14.8. The van der Waals surface area contributed by atoms with Crippen molar-refractivity contribution in [2.24, 2.45) is 5.92 Å². The first-order valence-corrected chi connectivity index (χ1v) is 9.38. The highest BCUT2D eigenvalue weighted by Gasteiger charge is 2.24. The summed E-state index contributed by atoms with van der Waals surface area (Å²) in [6.07, 6.45) is 8.77. The molecule has 4 heterocycles. The summed E-state index contributed by atoms with van der Waals surface area (Å²) in [6.45, 7) is 2.98. The average molecular weight is 350 g/mol. The maximum Gasteiger partial charge on any atom is 0.227 e. The SMILES string of the molecule is CC1CCc2sc3nc(NCc4cccnc4)n4ncnc4c3c2C1. The lowest BCUT2D eigenvalue weighted by atomic mass is 9.89. The first-order valence-electron chi connectivity index (χ1n) is 8.56. The molecule has 1 N–H and O–H groups in total. The number of rotatable bonds is 3. The molecule has 4 aromatic rings. The fourth-order valence-electron chi connectivity index (χ4n) is 3.56.